The highest BCUT2D eigenvalue weighted by molar-refractivity contribution is 9.10. The Kier molecular flexibility index (Phi) is 6.77. The number of nitrogens with zero attached hydrogens (tertiary/aromatic N) is 2. The molecule has 0 aliphatic carbocycles. The summed E-state index contributed by atoms with van der Waals surface area (Å²) >= 11 is 3.11. The molecule has 0 fully saturated rings. The molecule has 0 saturated heterocycles. The van der Waals surface area contributed by atoms with Gasteiger partial charge < -0.3 is 9.47 Å². The topological polar surface area (TPSA) is 79.5 Å². The van der Waals surface area contributed by atoms with E-state index in [1.54, 1.807) is 12.1 Å². The van der Waals surface area contributed by atoms with E-state index in [-0.39, 0.29) is 49.3 Å². The predicted octanol–water partition coefficient (Wildman–Crippen LogP) is 4.22. The Morgan fingerprint density at radius 1 is 1.06 bits per heavy atom. The van der Waals surface area contributed by atoms with Crippen LogP contribution in [0.4, 0.5) is 17.6 Å². The molecule has 0 aliphatic heterocycles. The van der Waals surface area contributed by atoms with Gasteiger partial charge in [0.25, 0.3) is 5.56 Å². The molecule has 0 saturated carbocycles. The van der Waals surface area contributed by atoms with Crippen molar-refractivity contribution in [3.05, 3.63) is 79.3 Å². The minimum atomic E-state index is -4.96. The zero-order valence-electron chi connectivity index (χ0n) is 17.1. The minimum Gasteiger partial charge on any atom is -0.482 e. The lowest BCUT2D eigenvalue weighted by molar-refractivity contribution is -0.144. The fourth-order valence-corrected chi connectivity index (χ4v) is 3.24. The largest absolute Gasteiger partial charge is 0.482 e. The van der Waals surface area contributed by atoms with Gasteiger partial charge in [-0.2, -0.15) is 13.2 Å². The van der Waals surface area contributed by atoms with Crippen LogP contribution in [-0.4, -0.2) is 21.5 Å². The third kappa shape index (κ3) is 5.16. The summed E-state index contributed by atoms with van der Waals surface area (Å²) in [7, 11) is 0.817. The van der Waals surface area contributed by atoms with Crippen LogP contribution >= 0.6 is 15.9 Å². The first-order valence-electron chi connectivity index (χ1n) is 9.19. The van der Waals surface area contributed by atoms with Crippen LogP contribution in [0.5, 0.6) is 17.2 Å². The molecule has 0 radical (unpaired) electrons. The Morgan fingerprint density at radius 3 is 2.30 bits per heavy atom. The van der Waals surface area contributed by atoms with Crippen molar-refractivity contribution >= 4 is 21.7 Å². The van der Waals surface area contributed by atoms with Gasteiger partial charge in [0.1, 0.15) is 23.9 Å². The molecule has 0 unspecified atom stereocenters. The van der Waals surface area contributed by atoms with Gasteiger partial charge in [0.05, 0.1) is 10.2 Å². The summed E-state index contributed by atoms with van der Waals surface area (Å²) in [5, 5.41) is 0. The fraction of sp³-hybridized carbons (Fsp3) is 0.190. The van der Waals surface area contributed by atoms with Gasteiger partial charge in [0.2, 0.25) is 0 Å². The number of aromatic nitrogens is 2. The summed E-state index contributed by atoms with van der Waals surface area (Å²) < 4.78 is 65.6. The third-order valence-electron chi connectivity index (χ3n) is 4.35. The lowest BCUT2D eigenvalue weighted by Crippen LogP contribution is -2.41. The SMILES string of the molecule is CC(=O)COc1ccccc1Oc1cc(-n2c(=O)cc(C(F)(F)F)n(C)c2=O)c(F)cc1Br. The summed E-state index contributed by atoms with van der Waals surface area (Å²) in [6.07, 6.45) is -4.96. The summed E-state index contributed by atoms with van der Waals surface area (Å²) in [4.78, 5) is 36.1. The van der Waals surface area contributed by atoms with Gasteiger partial charge in [0.15, 0.2) is 17.3 Å². The first-order valence-corrected chi connectivity index (χ1v) is 9.98. The maximum absolute atomic E-state index is 14.7. The van der Waals surface area contributed by atoms with Crippen molar-refractivity contribution in [1.29, 1.82) is 0 Å². The van der Waals surface area contributed by atoms with Crippen molar-refractivity contribution in [1.82, 2.24) is 9.13 Å². The van der Waals surface area contributed by atoms with Gasteiger partial charge in [-0.25, -0.2) is 13.8 Å². The number of carbonyl (C=O) groups is 1. The van der Waals surface area contributed by atoms with Gasteiger partial charge in [0, 0.05) is 19.2 Å². The number of benzene rings is 2. The van der Waals surface area contributed by atoms with Gasteiger partial charge in [-0.1, -0.05) is 12.1 Å². The van der Waals surface area contributed by atoms with E-state index >= 15 is 0 Å². The first-order chi connectivity index (χ1) is 15.4. The number of ketones is 1. The molecule has 7 nitrogen and oxygen atoms in total. The molecule has 1 aromatic heterocycles. The monoisotopic (exact) mass is 530 g/mol. The lowest BCUT2D eigenvalue weighted by Gasteiger charge is -2.16. The van der Waals surface area contributed by atoms with Crippen molar-refractivity contribution in [3.8, 4) is 22.9 Å². The number of carbonyl (C=O) groups excluding carboxylic acids is 1. The van der Waals surface area contributed by atoms with E-state index < -0.39 is 34.6 Å². The quantitative estimate of drug-likeness (QED) is 0.446. The minimum absolute atomic E-state index is 0.0703. The average molecular weight is 531 g/mol. The molecule has 0 N–H and O–H groups in total. The lowest BCUT2D eigenvalue weighted by atomic mass is 10.2. The van der Waals surface area contributed by atoms with Crippen LogP contribution in [0.1, 0.15) is 12.6 Å². The smallest absolute Gasteiger partial charge is 0.431 e. The van der Waals surface area contributed by atoms with E-state index in [9.17, 15) is 31.9 Å². The molecule has 0 amide bonds. The van der Waals surface area contributed by atoms with Gasteiger partial charge in [-0.3, -0.25) is 14.2 Å². The summed E-state index contributed by atoms with van der Waals surface area (Å²) in [6.45, 7) is 1.10. The highest BCUT2D eigenvalue weighted by Gasteiger charge is 2.35. The van der Waals surface area contributed by atoms with E-state index in [0.29, 0.717) is 0 Å². The molecule has 0 spiro atoms. The Labute approximate surface area is 191 Å². The Morgan fingerprint density at radius 2 is 1.70 bits per heavy atom. The standard InChI is InChI=1S/C21H15BrF4N2O5/c1-11(29)10-32-15-5-3-4-6-16(15)33-17-8-14(13(23)7-12(17)22)28-19(30)9-18(21(24,25)26)27(2)20(28)31/h3-9H,10H2,1-2H3. The van der Waals surface area contributed by atoms with Crippen LogP contribution in [0.3, 0.4) is 0 Å². The highest BCUT2D eigenvalue weighted by Crippen LogP contribution is 2.37. The molecular weight excluding hydrogens is 516 g/mol. The van der Waals surface area contributed by atoms with E-state index in [0.717, 1.165) is 19.2 Å². The summed E-state index contributed by atoms with van der Waals surface area (Å²) in [6, 6.07) is 8.32. The van der Waals surface area contributed by atoms with E-state index in [2.05, 4.69) is 15.9 Å². The molecule has 0 atom stereocenters. The van der Waals surface area contributed by atoms with Crippen molar-refractivity contribution in [2.24, 2.45) is 7.05 Å². The molecule has 2 aromatic carbocycles. The van der Waals surface area contributed by atoms with Crippen LogP contribution < -0.4 is 20.7 Å². The number of hydrogen-bond donors (Lipinski definition) is 0. The van der Waals surface area contributed by atoms with Gasteiger partial charge in [-0.05, 0) is 41.1 Å². The predicted molar refractivity (Wildman–Crippen MR) is 113 cm³/mol. The second-order valence-corrected chi connectivity index (χ2v) is 7.67. The number of hydrogen-bond acceptors (Lipinski definition) is 5. The zero-order valence-corrected chi connectivity index (χ0v) is 18.7. The molecule has 33 heavy (non-hydrogen) atoms. The van der Waals surface area contributed by atoms with Crippen LogP contribution in [0, 0.1) is 5.82 Å². The number of rotatable bonds is 6. The Balaban J connectivity index is 2.12. The number of ether oxygens (including phenoxy) is 2. The number of para-hydroxylation sites is 2. The van der Waals surface area contributed by atoms with Gasteiger partial charge in [-0.15, -0.1) is 0 Å². The first kappa shape index (κ1) is 24.2. The normalized spacial score (nSPS) is 11.4. The molecule has 3 rings (SSSR count). The van der Waals surface area contributed by atoms with Crippen LogP contribution in [0.15, 0.2) is 56.5 Å². The second kappa shape index (κ2) is 9.22. The maximum atomic E-state index is 14.7. The number of Topliss-reactive ketones (excluding diaryl/α,β-unsaturated/α-hetero) is 1. The van der Waals surface area contributed by atoms with Crippen LogP contribution in [0.2, 0.25) is 0 Å². The Bertz CT molecular complexity index is 1350. The Hall–Kier alpha value is -3.41. The summed E-state index contributed by atoms with van der Waals surface area (Å²) in [5.74, 6) is -1.06. The number of halogens is 5. The van der Waals surface area contributed by atoms with Crippen molar-refractivity contribution < 1.29 is 31.8 Å². The summed E-state index contributed by atoms with van der Waals surface area (Å²) in [5.41, 5.74) is -4.86. The van der Waals surface area contributed by atoms with E-state index in [1.165, 1.54) is 19.1 Å². The molecule has 0 bridgehead atoms. The fourth-order valence-electron chi connectivity index (χ4n) is 2.84. The second-order valence-electron chi connectivity index (χ2n) is 6.82. The molecule has 1 heterocycles. The van der Waals surface area contributed by atoms with E-state index in [4.69, 9.17) is 9.47 Å². The molecule has 0 aliphatic rings. The van der Waals surface area contributed by atoms with Gasteiger partial charge >= 0.3 is 11.9 Å². The molecule has 174 valence electrons. The third-order valence-corrected chi connectivity index (χ3v) is 4.97. The van der Waals surface area contributed by atoms with Crippen molar-refractivity contribution in [2.45, 2.75) is 13.1 Å². The number of alkyl halides is 3. The van der Waals surface area contributed by atoms with Crippen molar-refractivity contribution in [2.75, 3.05) is 6.61 Å². The zero-order chi connectivity index (χ0) is 24.5. The van der Waals surface area contributed by atoms with Crippen LogP contribution in [-0.2, 0) is 18.0 Å². The molecule has 3 aromatic rings. The molecular formula is C21H15BrF4N2O5. The van der Waals surface area contributed by atoms with Crippen LogP contribution in [0.25, 0.3) is 5.69 Å². The van der Waals surface area contributed by atoms with Crippen molar-refractivity contribution in [3.63, 3.8) is 0 Å². The van der Waals surface area contributed by atoms with E-state index in [1.807, 2.05) is 0 Å². The maximum Gasteiger partial charge on any atom is 0.431 e. The molecule has 12 heteroatoms. The average Bonchev–Trinajstić information content (AvgIpc) is 2.72. The highest BCUT2D eigenvalue weighted by atomic mass is 79.9.